The Kier molecular flexibility index (Phi) is 4.63. The fourth-order valence-corrected chi connectivity index (χ4v) is 1.64. The predicted molar refractivity (Wildman–Crippen MR) is 61.8 cm³/mol. The van der Waals surface area contributed by atoms with Gasteiger partial charge in [0.1, 0.15) is 5.75 Å². The molecule has 1 rings (SSSR count). The second-order valence-electron chi connectivity index (χ2n) is 3.59. The van der Waals surface area contributed by atoms with Crippen LogP contribution in [0.15, 0.2) is 12.1 Å². The molecule has 0 amide bonds. The monoisotopic (exact) mass is 240 g/mol. The van der Waals surface area contributed by atoms with Crippen LogP contribution in [-0.4, -0.2) is 30.4 Å². The van der Waals surface area contributed by atoms with Gasteiger partial charge < -0.3 is 19.7 Å². The van der Waals surface area contributed by atoms with Gasteiger partial charge in [-0.2, -0.15) is 0 Å². The highest BCUT2D eigenvalue weighted by molar-refractivity contribution is 5.66. The molecule has 0 saturated heterocycles. The molecule has 17 heavy (non-hydrogen) atoms. The number of aryl methyl sites for hydroxylation is 1. The van der Waals surface area contributed by atoms with Crippen LogP contribution in [0.1, 0.15) is 18.4 Å². The highest BCUT2D eigenvalue weighted by Crippen LogP contribution is 2.35. The van der Waals surface area contributed by atoms with Crippen LogP contribution in [0.2, 0.25) is 0 Å². The third-order valence-electron chi connectivity index (χ3n) is 2.38. The number of carboxylic acids is 1. The van der Waals surface area contributed by atoms with Gasteiger partial charge in [0.25, 0.3) is 0 Å². The number of hydrogen-bond acceptors (Lipinski definition) is 4. The molecule has 0 saturated carbocycles. The summed E-state index contributed by atoms with van der Waals surface area (Å²) in [5, 5.41) is 18.1. The average Bonchev–Trinajstić information content (AvgIpc) is 2.27. The second kappa shape index (κ2) is 5.98. The smallest absolute Gasteiger partial charge is 0.303 e. The lowest BCUT2D eigenvalue weighted by Crippen LogP contribution is -1.99. The van der Waals surface area contributed by atoms with E-state index in [2.05, 4.69) is 0 Å². The molecular weight excluding hydrogens is 224 g/mol. The maximum absolute atomic E-state index is 10.4. The molecule has 0 heterocycles. The first-order valence-electron chi connectivity index (χ1n) is 5.24. The van der Waals surface area contributed by atoms with Crippen molar-refractivity contribution in [3.63, 3.8) is 0 Å². The number of benzene rings is 1. The van der Waals surface area contributed by atoms with Crippen LogP contribution in [0.3, 0.4) is 0 Å². The summed E-state index contributed by atoms with van der Waals surface area (Å²) in [4.78, 5) is 10.4. The van der Waals surface area contributed by atoms with Crippen molar-refractivity contribution in [2.45, 2.75) is 19.3 Å². The molecule has 1 aromatic carbocycles. The zero-order valence-corrected chi connectivity index (χ0v) is 9.90. The summed E-state index contributed by atoms with van der Waals surface area (Å²) in [6, 6.07) is 3.02. The Balaban J connectivity index is 2.88. The predicted octanol–water partition coefficient (Wildman–Crippen LogP) is 1.82. The Morgan fingerprint density at radius 1 is 1.29 bits per heavy atom. The molecule has 0 unspecified atom stereocenters. The topological polar surface area (TPSA) is 76.0 Å². The maximum atomic E-state index is 10.4. The van der Waals surface area contributed by atoms with E-state index < -0.39 is 5.97 Å². The minimum absolute atomic E-state index is 0.0768. The Labute approximate surface area is 99.6 Å². The summed E-state index contributed by atoms with van der Waals surface area (Å²) < 4.78 is 10.3. The van der Waals surface area contributed by atoms with E-state index in [0.29, 0.717) is 24.3 Å². The summed E-state index contributed by atoms with van der Waals surface area (Å²) in [6.45, 7) is 0. The van der Waals surface area contributed by atoms with E-state index in [0.717, 1.165) is 5.56 Å². The minimum atomic E-state index is -0.837. The molecule has 0 aliphatic heterocycles. The van der Waals surface area contributed by atoms with Gasteiger partial charge in [0.05, 0.1) is 14.2 Å². The van der Waals surface area contributed by atoms with Gasteiger partial charge in [-0.15, -0.1) is 0 Å². The maximum Gasteiger partial charge on any atom is 0.303 e. The molecule has 94 valence electrons. The molecule has 5 heteroatoms. The van der Waals surface area contributed by atoms with Crippen LogP contribution >= 0.6 is 0 Å². The number of ether oxygens (including phenoxy) is 2. The number of hydrogen-bond donors (Lipinski definition) is 2. The molecule has 0 aliphatic rings. The van der Waals surface area contributed by atoms with Gasteiger partial charge in [-0.1, -0.05) is 0 Å². The number of phenols is 1. The summed E-state index contributed by atoms with van der Waals surface area (Å²) in [7, 11) is 2.99. The highest BCUT2D eigenvalue weighted by Gasteiger charge is 2.12. The largest absolute Gasteiger partial charge is 0.508 e. The number of rotatable bonds is 6. The van der Waals surface area contributed by atoms with E-state index in [1.54, 1.807) is 6.07 Å². The number of carboxylic acid groups (broad SMARTS) is 1. The Morgan fingerprint density at radius 2 is 2.00 bits per heavy atom. The summed E-state index contributed by atoms with van der Waals surface area (Å²) >= 11 is 0. The van der Waals surface area contributed by atoms with Crippen molar-refractivity contribution in [3.05, 3.63) is 17.7 Å². The minimum Gasteiger partial charge on any atom is -0.508 e. The molecule has 0 spiro atoms. The van der Waals surface area contributed by atoms with E-state index in [4.69, 9.17) is 14.6 Å². The van der Waals surface area contributed by atoms with Crippen molar-refractivity contribution in [2.75, 3.05) is 14.2 Å². The number of phenolic OH excluding ortho intramolecular Hbond substituents is 1. The molecule has 0 atom stereocenters. The lowest BCUT2D eigenvalue weighted by molar-refractivity contribution is -0.137. The fourth-order valence-electron chi connectivity index (χ4n) is 1.64. The fraction of sp³-hybridized carbons (Fsp3) is 0.417. The zero-order valence-electron chi connectivity index (χ0n) is 9.90. The highest BCUT2D eigenvalue weighted by atomic mass is 16.5. The van der Waals surface area contributed by atoms with Crippen molar-refractivity contribution in [1.29, 1.82) is 0 Å². The van der Waals surface area contributed by atoms with E-state index in [9.17, 15) is 9.90 Å². The first-order chi connectivity index (χ1) is 8.08. The lowest BCUT2D eigenvalue weighted by Gasteiger charge is -2.13. The van der Waals surface area contributed by atoms with Crippen molar-refractivity contribution in [3.8, 4) is 17.2 Å². The van der Waals surface area contributed by atoms with Crippen molar-refractivity contribution < 1.29 is 24.5 Å². The van der Waals surface area contributed by atoms with Gasteiger partial charge >= 0.3 is 5.97 Å². The first kappa shape index (κ1) is 13.2. The standard InChI is InChI=1S/C12H16O5/c1-16-10-7-9(13)6-8(12(10)17-2)4-3-5-11(14)15/h6-7,13H,3-5H2,1-2H3,(H,14,15). The molecule has 0 aliphatic carbocycles. The normalized spacial score (nSPS) is 10.0. The van der Waals surface area contributed by atoms with Crippen LogP contribution in [0.25, 0.3) is 0 Å². The lowest BCUT2D eigenvalue weighted by atomic mass is 10.1. The van der Waals surface area contributed by atoms with Crippen molar-refractivity contribution in [2.24, 2.45) is 0 Å². The summed E-state index contributed by atoms with van der Waals surface area (Å²) in [5.41, 5.74) is 0.741. The first-order valence-corrected chi connectivity index (χ1v) is 5.24. The molecule has 2 N–H and O–H groups in total. The molecule has 1 aromatic rings. The van der Waals surface area contributed by atoms with Crippen LogP contribution in [0.4, 0.5) is 0 Å². The number of methoxy groups -OCH3 is 2. The van der Waals surface area contributed by atoms with E-state index in [1.165, 1.54) is 20.3 Å². The Bertz CT molecular complexity index is 400. The van der Waals surface area contributed by atoms with Crippen LogP contribution in [-0.2, 0) is 11.2 Å². The molecular formula is C12H16O5. The van der Waals surface area contributed by atoms with Gasteiger partial charge in [0.15, 0.2) is 11.5 Å². The quantitative estimate of drug-likeness (QED) is 0.793. The molecule has 0 aromatic heterocycles. The SMILES string of the molecule is COc1cc(O)cc(CCCC(=O)O)c1OC. The van der Waals surface area contributed by atoms with Gasteiger partial charge in [-0.05, 0) is 18.9 Å². The molecule has 0 fully saturated rings. The van der Waals surface area contributed by atoms with Crippen LogP contribution in [0.5, 0.6) is 17.2 Å². The third-order valence-corrected chi connectivity index (χ3v) is 2.38. The van der Waals surface area contributed by atoms with Crippen LogP contribution in [0, 0.1) is 0 Å². The van der Waals surface area contributed by atoms with Crippen molar-refractivity contribution >= 4 is 5.97 Å². The van der Waals surface area contributed by atoms with Gasteiger partial charge in [0.2, 0.25) is 0 Å². The molecule has 0 radical (unpaired) electrons. The number of carbonyl (C=O) groups is 1. The third kappa shape index (κ3) is 3.55. The average molecular weight is 240 g/mol. The van der Waals surface area contributed by atoms with E-state index >= 15 is 0 Å². The van der Waals surface area contributed by atoms with Gasteiger partial charge in [0, 0.05) is 18.1 Å². The Hall–Kier alpha value is -1.91. The molecule has 5 nitrogen and oxygen atoms in total. The van der Waals surface area contributed by atoms with E-state index in [-0.39, 0.29) is 12.2 Å². The molecule has 0 bridgehead atoms. The van der Waals surface area contributed by atoms with Crippen molar-refractivity contribution in [1.82, 2.24) is 0 Å². The van der Waals surface area contributed by atoms with Crippen LogP contribution < -0.4 is 9.47 Å². The van der Waals surface area contributed by atoms with E-state index in [1.807, 2.05) is 0 Å². The summed E-state index contributed by atoms with van der Waals surface area (Å²) in [6.07, 6.45) is 1.08. The number of aromatic hydroxyl groups is 1. The summed E-state index contributed by atoms with van der Waals surface area (Å²) in [5.74, 6) is 0.220. The van der Waals surface area contributed by atoms with Gasteiger partial charge in [-0.3, -0.25) is 4.79 Å². The zero-order chi connectivity index (χ0) is 12.8. The number of aliphatic carboxylic acids is 1. The second-order valence-corrected chi connectivity index (χ2v) is 3.59. The van der Waals surface area contributed by atoms with Gasteiger partial charge in [-0.25, -0.2) is 0 Å². The Morgan fingerprint density at radius 3 is 2.53 bits per heavy atom.